The predicted octanol–water partition coefficient (Wildman–Crippen LogP) is 3.40. The summed E-state index contributed by atoms with van der Waals surface area (Å²) in [5, 5.41) is 10.3. The third-order valence-electron chi connectivity index (χ3n) is 8.48. The number of alkyl carbamates (subject to hydrolysis) is 1. The van der Waals surface area contributed by atoms with E-state index in [2.05, 4.69) is 21.3 Å². The van der Waals surface area contributed by atoms with Gasteiger partial charge < -0.3 is 30.9 Å². The Morgan fingerprint density at radius 3 is 2.29 bits per heavy atom. The number of hydrogen-bond acceptors (Lipinski definition) is 10. The summed E-state index contributed by atoms with van der Waals surface area (Å²) in [5.41, 5.74) is -0.00111. The van der Waals surface area contributed by atoms with Crippen LogP contribution < -0.4 is 21.3 Å². The fourth-order valence-corrected chi connectivity index (χ4v) is 9.20. The Morgan fingerprint density at radius 1 is 1.04 bits per heavy atom. The Labute approximate surface area is 309 Å². The summed E-state index contributed by atoms with van der Waals surface area (Å²) < 4.78 is 4.87. The number of thioether (sulfide) groups is 2. The van der Waals surface area contributed by atoms with Crippen molar-refractivity contribution in [3.63, 3.8) is 0 Å². The molecule has 5 amide bonds. The molecule has 51 heavy (non-hydrogen) atoms. The van der Waals surface area contributed by atoms with Gasteiger partial charge in [-0.2, -0.15) is 0 Å². The van der Waals surface area contributed by atoms with Crippen molar-refractivity contribution in [1.82, 2.24) is 26.2 Å². The van der Waals surface area contributed by atoms with Crippen LogP contribution in [0.3, 0.4) is 0 Å². The van der Waals surface area contributed by atoms with Crippen LogP contribution in [0.15, 0.2) is 35.6 Å². The first-order chi connectivity index (χ1) is 24.0. The number of ether oxygens (including phenoxy) is 1. The van der Waals surface area contributed by atoms with Crippen LogP contribution in [-0.4, -0.2) is 99.6 Å². The summed E-state index contributed by atoms with van der Waals surface area (Å²) in [7, 11) is 0. The average molecular weight is 748 g/mol. The SMILES string of the molecule is CCCC(NC(=O)[C@@H]1CC2(CN1C(=O)[C@@H](NC(=O)OCC(C)C)C(C)(C)C)SCCCS2)C(=O)C(=O)NCC(=O)NC(C(C)=O)=C1C=CC=CC1. The molecule has 13 nitrogen and oxygen atoms in total. The molecule has 0 radical (unpaired) electrons. The molecule has 282 valence electrons. The van der Waals surface area contributed by atoms with E-state index in [1.165, 1.54) is 11.8 Å². The third-order valence-corrected chi connectivity index (χ3v) is 11.8. The summed E-state index contributed by atoms with van der Waals surface area (Å²) in [6, 6.07) is -3.17. The minimum Gasteiger partial charge on any atom is -0.449 e. The number of hydrogen-bond donors (Lipinski definition) is 4. The number of nitrogens with zero attached hydrogens (tertiary/aromatic N) is 1. The molecule has 4 N–H and O–H groups in total. The second kappa shape index (κ2) is 18.8. The maximum atomic E-state index is 14.3. The molecule has 0 aromatic heterocycles. The van der Waals surface area contributed by atoms with Gasteiger partial charge in [0, 0.05) is 19.9 Å². The highest BCUT2D eigenvalue weighted by molar-refractivity contribution is 8.18. The van der Waals surface area contributed by atoms with Gasteiger partial charge in [-0.1, -0.05) is 72.3 Å². The van der Waals surface area contributed by atoms with Gasteiger partial charge >= 0.3 is 6.09 Å². The van der Waals surface area contributed by atoms with Crippen molar-refractivity contribution in [2.45, 2.75) is 103 Å². The first-order valence-electron chi connectivity index (χ1n) is 17.5. The quantitative estimate of drug-likeness (QED) is 0.152. The number of allylic oxidation sites excluding steroid dienone is 6. The normalized spacial score (nSPS) is 20.3. The highest BCUT2D eigenvalue weighted by Gasteiger charge is 2.53. The molecule has 1 aliphatic carbocycles. The van der Waals surface area contributed by atoms with Gasteiger partial charge in [-0.25, -0.2) is 4.79 Å². The minimum absolute atomic E-state index is 0.100. The van der Waals surface area contributed by atoms with Crippen LogP contribution >= 0.6 is 23.5 Å². The first-order valence-corrected chi connectivity index (χ1v) is 19.5. The van der Waals surface area contributed by atoms with Crippen LogP contribution in [0.4, 0.5) is 4.79 Å². The highest BCUT2D eigenvalue weighted by Crippen LogP contribution is 2.50. The lowest BCUT2D eigenvalue weighted by Gasteiger charge is -2.36. The van der Waals surface area contributed by atoms with Crippen molar-refractivity contribution in [3.8, 4) is 0 Å². The number of amides is 5. The highest BCUT2D eigenvalue weighted by atomic mass is 32.2. The Morgan fingerprint density at radius 2 is 1.73 bits per heavy atom. The van der Waals surface area contributed by atoms with E-state index in [-0.39, 0.29) is 37.0 Å². The minimum atomic E-state index is -1.21. The summed E-state index contributed by atoms with van der Waals surface area (Å²) in [4.78, 5) is 93.8. The molecule has 0 bridgehead atoms. The van der Waals surface area contributed by atoms with E-state index in [1.807, 2.05) is 46.8 Å². The van der Waals surface area contributed by atoms with Crippen LogP contribution in [-0.2, 0) is 33.5 Å². The maximum Gasteiger partial charge on any atom is 0.407 e. The lowest BCUT2D eigenvalue weighted by atomic mass is 9.85. The lowest BCUT2D eigenvalue weighted by molar-refractivity contribution is -0.144. The average Bonchev–Trinajstić information content (AvgIpc) is 3.45. The zero-order valence-electron chi connectivity index (χ0n) is 30.7. The molecule has 2 aliphatic heterocycles. The molecule has 15 heteroatoms. The van der Waals surface area contributed by atoms with Gasteiger partial charge in [-0.3, -0.25) is 28.8 Å². The van der Waals surface area contributed by atoms with Crippen LogP contribution in [0.25, 0.3) is 0 Å². The molecular formula is C36H53N5O8S2. The van der Waals surface area contributed by atoms with Crippen molar-refractivity contribution in [2.75, 3.05) is 31.2 Å². The van der Waals surface area contributed by atoms with Crippen molar-refractivity contribution in [2.24, 2.45) is 11.3 Å². The number of likely N-dealkylation sites (tertiary alicyclic amines) is 1. The van der Waals surface area contributed by atoms with Gasteiger partial charge in [0.15, 0.2) is 5.78 Å². The summed E-state index contributed by atoms with van der Waals surface area (Å²) >= 11 is 3.40. The molecule has 1 spiro atoms. The second-order valence-electron chi connectivity index (χ2n) is 14.5. The molecule has 3 atom stereocenters. The molecule has 0 saturated carbocycles. The molecule has 0 aromatic rings. The van der Waals surface area contributed by atoms with E-state index in [0.29, 0.717) is 24.8 Å². The molecular weight excluding hydrogens is 695 g/mol. The zero-order valence-corrected chi connectivity index (χ0v) is 32.4. The van der Waals surface area contributed by atoms with Crippen LogP contribution in [0.2, 0.25) is 0 Å². The standard InChI is InChI=1S/C36H53N5O8S2/c1-8-13-25(29(44)32(46)37-19-27(43)39-28(23(4)42)24-14-10-9-11-15-24)38-31(45)26-18-36(50-16-12-17-51-36)21-41(26)33(47)30(35(5,6)7)40-34(48)49-20-22(2)3/h9-11,14,22,25-26,30H,8,12-13,15-21H2,1-7H3,(H,37,46)(H,38,45)(H,39,43)(H,40,48)/t25?,26-,30+/m0/s1. The number of carbonyl (C=O) groups excluding carboxylic acids is 7. The number of nitrogens with one attached hydrogen (secondary N) is 4. The van der Waals surface area contributed by atoms with E-state index >= 15 is 0 Å². The monoisotopic (exact) mass is 747 g/mol. The van der Waals surface area contributed by atoms with Gasteiger partial charge in [0.2, 0.25) is 23.5 Å². The number of ketones is 2. The Hall–Kier alpha value is -3.59. The Kier molecular flexibility index (Phi) is 15.4. The van der Waals surface area contributed by atoms with E-state index < -0.39 is 69.7 Å². The second-order valence-corrected chi connectivity index (χ2v) is 17.7. The molecule has 2 heterocycles. The maximum absolute atomic E-state index is 14.3. The Balaban J connectivity index is 1.75. The fourth-order valence-electron chi connectivity index (χ4n) is 5.86. The lowest BCUT2D eigenvalue weighted by Crippen LogP contribution is -2.59. The van der Waals surface area contributed by atoms with Crippen molar-refractivity contribution >= 4 is 64.8 Å². The van der Waals surface area contributed by atoms with E-state index in [0.717, 1.165) is 17.9 Å². The number of Topliss-reactive ketones (excluding diaryl/α,β-unsaturated/α-hetero) is 2. The zero-order chi connectivity index (χ0) is 37.9. The number of carbonyl (C=O) groups is 7. The van der Waals surface area contributed by atoms with E-state index in [9.17, 15) is 33.6 Å². The smallest absolute Gasteiger partial charge is 0.407 e. The molecule has 0 aromatic carbocycles. The van der Waals surface area contributed by atoms with E-state index in [1.54, 1.807) is 42.6 Å². The molecule has 2 fully saturated rings. The predicted molar refractivity (Wildman–Crippen MR) is 199 cm³/mol. The number of rotatable bonds is 14. The van der Waals surface area contributed by atoms with Crippen molar-refractivity contribution < 1.29 is 38.3 Å². The summed E-state index contributed by atoms with van der Waals surface area (Å²) in [6.45, 7) is 12.3. The Bertz CT molecular complexity index is 1440. The van der Waals surface area contributed by atoms with Gasteiger partial charge in [-0.05, 0) is 47.7 Å². The van der Waals surface area contributed by atoms with Crippen LogP contribution in [0.1, 0.15) is 80.6 Å². The van der Waals surface area contributed by atoms with Crippen LogP contribution in [0, 0.1) is 11.3 Å². The third kappa shape index (κ3) is 12.0. The summed E-state index contributed by atoms with van der Waals surface area (Å²) in [6.07, 6.45) is 8.78. The van der Waals surface area contributed by atoms with Gasteiger partial charge in [0.05, 0.1) is 29.0 Å². The molecule has 2 saturated heterocycles. The first kappa shape index (κ1) is 41.8. The molecule has 3 aliphatic rings. The van der Waals surface area contributed by atoms with Gasteiger partial charge in [0.25, 0.3) is 5.91 Å². The molecule has 3 rings (SSSR count). The fraction of sp³-hybridized carbons (Fsp3) is 0.639. The summed E-state index contributed by atoms with van der Waals surface area (Å²) in [5.74, 6) is -2.20. The van der Waals surface area contributed by atoms with E-state index in [4.69, 9.17) is 4.74 Å². The van der Waals surface area contributed by atoms with Crippen LogP contribution in [0.5, 0.6) is 0 Å². The molecule has 1 unspecified atom stereocenters. The van der Waals surface area contributed by atoms with Gasteiger partial charge in [-0.15, -0.1) is 23.5 Å². The topological polar surface area (TPSA) is 180 Å². The van der Waals surface area contributed by atoms with Gasteiger partial charge in [0.1, 0.15) is 12.1 Å². The van der Waals surface area contributed by atoms with Crippen molar-refractivity contribution in [1.29, 1.82) is 0 Å². The van der Waals surface area contributed by atoms with Crippen molar-refractivity contribution in [3.05, 3.63) is 35.6 Å². The largest absolute Gasteiger partial charge is 0.449 e.